The van der Waals surface area contributed by atoms with Gasteiger partial charge in [-0.25, -0.2) is 0 Å². The molecule has 20 heavy (non-hydrogen) atoms. The van der Waals surface area contributed by atoms with Crippen LogP contribution in [-0.2, 0) is 13.0 Å². The molecule has 1 fully saturated rings. The Morgan fingerprint density at radius 1 is 1.20 bits per heavy atom. The van der Waals surface area contributed by atoms with Gasteiger partial charge in [0.1, 0.15) is 0 Å². The first-order valence-corrected chi connectivity index (χ1v) is 8.50. The van der Waals surface area contributed by atoms with E-state index >= 15 is 0 Å². The maximum Gasteiger partial charge on any atom is 0.0408 e. The number of nitrogens with one attached hydrogen (secondary N) is 1. The molecule has 1 aliphatic carbocycles. The average molecular weight is 306 g/mol. The lowest BCUT2D eigenvalue weighted by molar-refractivity contribution is 0.290. The summed E-state index contributed by atoms with van der Waals surface area (Å²) in [5.41, 5.74) is 1.39. The van der Waals surface area contributed by atoms with Crippen molar-refractivity contribution in [3.05, 3.63) is 56.7 Å². The zero-order chi connectivity index (χ0) is 13.9. The molecule has 1 aromatic heterocycles. The molecule has 0 atom stereocenters. The highest BCUT2D eigenvalue weighted by Crippen LogP contribution is 2.37. The smallest absolute Gasteiger partial charge is 0.0408 e. The first kappa shape index (κ1) is 14.1. The first-order valence-electron chi connectivity index (χ1n) is 7.31. The monoisotopic (exact) mass is 305 g/mol. The van der Waals surface area contributed by atoms with E-state index in [1.807, 2.05) is 17.4 Å². The summed E-state index contributed by atoms with van der Waals surface area (Å²) in [6.07, 6.45) is 3.60. The molecule has 2 aromatic rings. The Morgan fingerprint density at radius 3 is 2.70 bits per heavy atom. The molecule has 0 bridgehead atoms. The molecule has 0 unspecified atom stereocenters. The quantitative estimate of drug-likeness (QED) is 0.819. The van der Waals surface area contributed by atoms with E-state index < -0.39 is 0 Å². The highest BCUT2D eigenvalue weighted by molar-refractivity contribution is 7.11. The molecule has 0 aliphatic heterocycles. The predicted octanol–water partition coefficient (Wildman–Crippen LogP) is 5.00. The largest absolute Gasteiger partial charge is 0.309 e. The summed E-state index contributed by atoms with van der Waals surface area (Å²) < 4.78 is 0. The van der Waals surface area contributed by atoms with Crippen LogP contribution in [0.25, 0.3) is 0 Å². The molecule has 0 radical (unpaired) electrons. The van der Waals surface area contributed by atoms with Crippen molar-refractivity contribution < 1.29 is 0 Å². The van der Waals surface area contributed by atoms with Crippen LogP contribution >= 0.6 is 22.9 Å². The van der Waals surface area contributed by atoms with Crippen LogP contribution in [0, 0.1) is 0 Å². The number of aryl methyl sites for hydroxylation is 1. The van der Waals surface area contributed by atoms with Gasteiger partial charge in [-0.2, -0.15) is 0 Å². The van der Waals surface area contributed by atoms with E-state index in [1.54, 1.807) is 0 Å². The zero-order valence-corrected chi connectivity index (χ0v) is 13.3. The van der Waals surface area contributed by atoms with E-state index in [1.165, 1.54) is 28.2 Å². The van der Waals surface area contributed by atoms with Crippen molar-refractivity contribution in [3.8, 4) is 0 Å². The minimum Gasteiger partial charge on any atom is -0.309 e. The zero-order valence-electron chi connectivity index (χ0n) is 11.7. The normalized spacial score (nSPS) is 21.7. The number of benzene rings is 1. The molecule has 106 valence electrons. The highest BCUT2D eigenvalue weighted by Gasteiger charge is 2.29. The van der Waals surface area contributed by atoms with Crippen LogP contribution in [0.4, 0.5) is 0 Å². The number of hydrogen-bond donors (Lipinski definition) is 1. The Bertz CT molecular complexity index is 572. The van der Waals surface area contributed by atoms with Crippen molar-refractivity contribution >= 4 is 22.9 Å². The highest BCUT2D eigenvalue weighted by atomic mass is 35.5. The molecule has 1 aromatic carbocycles. The van der Waals surface area contributed by atoms with Crippen LogP contribution < -0.4 is 5.32 Å². The van der Waals surface area contributed by atoms with Crippen LogP contribution in [0.1, 0.15) is 41.0 Å². The third-order valence-corrected chi connectivity index (χ3v) is 5.55. The minimum absolute atomic E-state index is 0.658. The molecule has 1 N–H and O–H groups in total. The Hall–Kier alpha value is -0.830. The fourth-order valence-corrected chi connectivity index (χ4v) is 3.88. The van der Waals surface area contributed by atoms with Crippen LogP contribution in [0.5, 0.6) is 0 Å². The maximum atomic E-state index is 6.05. The van der Waals surface area contributed by atoms with E-state index in [0.29, 0.717) is 12.0 Å². The summed E-state index contributed by atoms with van der Waals surface area (Å²) >= 11 is 7.98. The van der Waals surface area contributed by atoms with Crippen LogP contribution in [-0.4, -0.2) is 6.04 Å². The number of thiophene rings is 1. The molecule has 0 amide bonds. The minimum atomic E-state index is 0.658. The number of halogens is 1. The van der Waals surface area contributed by atoms with Gasteiger partial charge in [0.05, 0.1) is 0 Å². The lowest BCUT2D eigenvalue weighted by Gasteiger charge is -2.36. The van der Waals surface area contributed by atoms with Gasteiger partial charge >= 0.3 is 0 Å². The molecule has 0 saturated heterocycles. The second kappa shape index (κ2) is 6.30. The van der Waals surface area contributed by atoms with Gasteiger partial charge in [0.25, 0.3) is 0 Å². The van der Waals surface area contributed by atoms with E-state index in [4.69, 9.17) is 11.6 Å². The van der Waals surface area contributed by atoms with E-state index in [0.717, 1.165) is 18.0 Å². The third kappa shape index (κ3) is 3.25. The lowest BCUT2D eigenvalue weighted by Crippen LogP contribution is -2.39. The van der Waals surface area contributed by atoms with Crippen molar-refractivity contribution in [1.29, 1.82) is 0 Å². The number of hydrogen-bond acceptors (Lipinski definition) is 2. The van der Waals surface area contributed by atoms with Crippen molar-refractivity contribution in [2.45, 2.75) is 44.7 Å². The van der Waals surface area contributed by atoms with Gasteiger partial charge < -0.3 is 5.32 Å². The summed E-state index contributed by atoms with van der Waals surface area (Å²) in [5, 5.41) is 4.52. The van der Waals surface area contributed by atoms with E-state index in [9.17, 15) is 0 Å². The second-order valence-corrected chi connectivity index (χ2v) is 7.21. The standard InChI is InChI=1S/C17H20ClNS/c1-2-16-6-7-17(20-16)11-19-15-9-13(10-15)12-4-3-5-14(18)8-12/h3-8,13,15,19H,2,9-11H2,1H3. The van der Waals surface area contributed by atoms with Crippen molar-refractivity contribution in [1.82, 2.24) is 5.32 Å². The van der Waals surface area contributed by atoms with Gasteiger partial charge in [0, 0.05) is 27.4 Å². The van der Waals surface area contributed by atoms with Gasteiger partial charge in [-0.15, -0.1) is 11.3 Å². The Balaban J connectivity index is 1.46. The van der Waals surface area contributed by atoms with Crippen molar-refractivity contribution in [2.24, 2.45) is 0 Å². The molecular weight excluding hydrogens is 286 g/mol. The first-order chi connectivity index (χ1) is 9.74. The summed E-state index contributed by atoms with van der Waals surface area (Å²) in [4.78, 5) is 2.93. The molecule has 3 heteroatoms. The van der Waals surface area contributed by atoms with Crippen molar-refractivity contribution in [2.75, 3.05) is 0 Å². The van der Waals surface area contributed by atoms with Crippen LogP contribution in [0.15, 0.2) is 36.4 Å². The molecule has 1 nitrogen and oxygen atoms in total. The summed E-state index contributed by atoms with van der Waals surface area (Å²) in [6, 6.07) is 13.5. The Labute approximate surface area is 130 Å². The third-order valence-electron chi connectivity index (χ3n) is 4.09. The van der Waals surface area contributed by atoms with E-state index in [2.05, 4.69) is 42.6 Å². The van der Waals surface area contributed by atoms with Gasteiger partial charge in [-0.05, 0) is 55.0 Å². The summed E-state index contributed by atoms with van der Waals surface area (Å²) in [7, 11) is 0. The van der Waals surface area contributed by atoms with Gasteiger partial charge in [0.15, 0.2) is 0 Å². The molecule has 1 saturated carbocycles. The predicted molar refractivity (Wildman–Crippen MR) is 87.8 cm³/mol. The molecule has 0 spiro atoms. The lowest BCUT2D eigenvalue weighted by atomic mass is 9.76. The maximum absolute atomic E-state index is 6.05. The fraction of sp³-hybridized carbons (Fsp3) is 0.412. The number of rotatable bonds is 5. The summed E-state index contributed by atoms with van der Waals surface area (Å²) in [5.74, 6) is 0.681. The van der Waals surface area contributed by atoms with Gasteiger partial charge in [-0.1, -0.05) is 30.7 Å². The summed E-state index contributed by atoms with van der Waals surface area (Å²) in [6.45, 7) is 3.22. The topological polar surface area (TPSA) is 12.0 Å². The fourth-order valence-electron chi connectivity index (χ4n) is 2.77. The van der Waals surface area contributed by atoms with Gasteiger partial charge in [0.2, 0.25) is 0 Å². The SMILES string of the molecule is CCc1ccc(CNC2CC(c3cccc(Cl)c3)C2)s1. The van der Waals surface area contributed by atoms with Crippen LogP contribution in [0.3, 0.4) is 0 Å². The van der Waals surface area contributed by atoms with Crippen molar-refractivity contribution in [3.63, 3.8) is 0 Å². The van der Waals surface area contributed by atoms with Crippen LogP contribution in [0.2, 0.25) is 5.02 Å². The second-order valence-electron chi connectivity index (χ2n) is 5.52. The molecule has 1 aliphatic rings. The molecular formula is C17H20ClNS. The average Bonchev–Trinajstić information content (AvgIpc) is 2.85. The van der Waals surface area contributed by atoms with E-state index in [-0.39, 0.29) is 0 Å². The Morgan fingerprint density at radius 2 is 2.00 bits per heavy atom. The molecule has 1 heterocycles. The molecule has 3 rings (SSSR count). The Kier molecular flexibility index (Phi) is 4.45. The van der Waals surface area contributed by atoms with Gasteiger partial charge in [-0.3, -0.25) is 0 Å².